The number of nitrogens with one attached hydrogen (secondary N) is 1. The number of carbonyl (C=O) groups is 1. The van der Waals surface area contributed by atoms with Gasteiger partial charge in [-0.05, 0) is 6.07 Å². The van der Waals surface area contributed by atoms with Crippen LogP contribution in [0.3, 0.4) is 0 Å². The Morgan fingerprint density at radius 1 is 1.24 bits per heavy atom. The van der Waals surface area contributed by atoms with E-state index < -0.39 is 11.7 Å². The van der Waals surface area contributed by atoms with Gasteiger partial charge in [0.05, 0.1) is 11.1 Å². The highest BCUT2D eigenvalue weighted by Crippen LogP contribution is 2.36. The van der Waals surface area contributed by atoms with Gasteiger partial charge in [0.25, 0.3) is 0 Å². The Kier molecular flexibility index (Phi) is 3.23. The van der Waals surface area contributed by atoms with Crippen molar-refractivity contribution in [1.82, 2.24) is 14.9 Å². The van der Waals surface area contributed by atoms with E-state index in [4.69, 9.17) is 0 Å². The molecule has 3 rings (SSSR count). The van der Waals surface area contributed by atoms with E-state index in [1.54, 1.807) is 4.90 Å². The van der Waals surface area contributed by atoms with Crippen LogP contribution in [0.2, 0.25) is 0 Å². The van der Waals surface area contributed by atoms with Gasteiger partial charge >= 0.3 is 6.18 Å². The summed E-state index contributed by atoms with van der Waals surface area (Å²) >= 11 is 0. The predicted molar refractivity (Wildman–Crippen MR) is 70.9 cm³/mol. The van der Waals surface area contributed by atoms with E-state index >= 15 is 0 Å². The van der Waals surface area contributed by atoms with Gasteiger partial charge < -0.3 is 14.8 Å². The van der Waals surface area contributed by atoms with Crippen molar-refractivity contribution in [2.45, 2.75) is 6.18 Å². The maximum atomic E-state index is 13.0. The molecule has 0 saturated carbocycles. The molecule has 0 unspecified atom stereocenters. The van der Waals surface area contributed by atoms with Crippen molar-refractivity contribution in [2.24, 2.45) is 0 Å². The van der Waals surface area contributed by atoms with Crippen molar-refractivity contribution in [3.63, 3.8) is 0 Å². The van der Waals surface area contributed by atoms with Crippen LogP contribution in [0.1, 0.15) is 5.56 Å². The molecule has 1 saturated heterocycles. The van der Waals surface area contributed by atoms with Crippen LogP contribution in [0.5, 0.6) is 0 Å². The minimum absolute atomic E-state index is 0.116. The van der Waals surface area contributed by atoms with Gasteiger partial charge in [-0.1, -0.05) is 0 Å². The number of pyridine rings is 1. The SMILES string of the molecule is O=CN1CCN(c2ncc(C(F)(F)F)c3cc[nH]c23)CC1. The molecule has 5 nitrogen and oxygen atoms in total. The Morgan fingerprint density at radius 3 is 2.57 bits per heavy atom. The minimum atomic E-state index is -4.43. The van der Waals surface area contributed by atoms with Gasteiger partial charge in [0.2, 0.25) is 6.41 Å². The van der Waals surface area contributed by atoms with Crippen molar-refractivity contribution >= 4 is 23.1 Å². The first-order valence-corrected chi connectivity index (χ1v) is 6.48. The third-order valence-electron chi connectivity index (χ3n) is 3.64. The number of rotatable bonds is 2. The fourth-order valence-electron chi connectivity index (χ4n) is 2.54. The highest BCUT2D eigenvalue weighted by Gasteiger charge is 2.34. The number of hydrogen-bond donors (Lipinski definition) is 1. The summed E-state index contributed by atoms with van der Waals surface area (Å²) in [6, 6.07) is 1.41. The first kappa shape index (κ1) is 13.7. The Balaban J connectivity index is 1.98. The molecule has 0 radical (unpaired) electrons. The Morgan fingerprint density at radius 2 is 1.95 bits per heavy atom. The van der Waals surface area contributed by atoms with Crippen LogP contribution < -0.4 is 4.90 Å². The standard InChI is InChI=1S/C13H13F3N4O/c14-13(15,16)10-7-18-12(11-9(10)1-2-17-11)20-5-3-19(8-21)4-6-20/h1-2,7-8,17H,3-6H2. The molecule has 1 N–H and O–H groups in total. The summed E-state index contributed by atoms with van der Waals surface area (Å²) in [5.74, 6) is 0.494. The molecule has 1 amide bonds. The van der Waals surface area contributed by atoms with Crippen LogP contribution in [0.15, 0.2) is 18.5 Å². The molecule has 21 heavy (non-hydrogen) atoms. The minimum Gasteiger partial charge on any atom is -0.358 e. The number of carbonyl (C=O) groups excluding carboxylic acids is 1. The Bertz CT molecular complexity index is 659. The predicted octanol–water partition coefficient (Wildman–Crippen LogP) is 1.86. The number of aromatic amines is 1. The molecule has 2 aromatic heterocycles. The van der Waals surface area contributed by atoms with Gasteiger partial charge in [-0.15, -0.1) is 0 Å². The maximum Gasteiger partial charge on any atom is 0.418 e. The van der Waals surface area contributed by atoms with E-state index in [-0.39, 0.29) is 5.39 Å². The Labute approximate surface area is 118 Å². The summed E-state index contributed by atoms with van der Waals surface area (Å²) in [6.07, 6.45) is -1.30. The van der Waals surface area contributed by atoms with Gasteiger partial charge in [0.1, 0.15) is 0 Å². The van der Waals surface area contributed by atoms with Gasteiger partial charge in [0, 0.05) is 44.0 Å². The second-order valence-electron chi connectivity index (χ2n) is 4.89. The van der Waals surface area contributed by atoms with Gasteiger partial charge in [0.15, 0.2) is 5.82 Å². The van der Waals surface area contributed by atoms with Crippen molar-refractivity contribution in [3.8, 4) is 0 Å². The van der Waals surface area contributed by atoms with Crippen molar-refractivity contribution in [2.75, 3.05) is 31.1 Å². The monoisotopic (exact) mass is 298 g/mol. The zero-order valence-electron chi connectivity index (χ0n) is 11.0. The zero-order chi connectivity index (χ0) is 15.0. The number of halogens is 3. The molecule has 0 aliphatic carbocycles. The topological polar surface area (TPSA) is 52.2 Å². The fourth-order valence-corrected chi connectivity index (χ4v) is 2.54. The van der Waals surface area contributed by atoms with Crippen LogP contribution in [-0.2, 0) is 11.0 Å². The lowest BCUT2D eigenvalue weighted by Crippen LogP contribution is -2.46. The van der Waals surface area contributed by atoms with Crippen LogP contribution in [0.4, 0.5) is 19.0 Å². The maximum absolute atomic E-state index is 13.0. The molecule has 1 aliphatic heterocycles. The van der Waals surface area contributed by atoms with Gasteiger partial charge in [-0.2, -0.15) is 13.2 Å². The summed E-state index contributed by atoms with van der Waals surface area (Å²) in [5.41, 5.74) is -0.363. The first-order valence-electron chi connectivity index (χ1n) is 6.48. The van der Waals surface area contributed by atoms with Crippen LogP contribution >= 0.6 is 0 Å². The molecule has 112 valence electrons. The average molecular weight is 298 g/mol. The number of H-pyrrole nitrogens is 1. The molecule has 0 spiro atoms. The second-order valence-corrected chi connectivity index (χ2v) is 4.89. The van der Waals surface area contributed by atoms with E-state index in [2.05, 4.69) is 9.97 Å². The lowest BCUT2D eigenvalue weighted by Gasteiger charge is -2.33. The molecular weight excluding hydrogens is 285 g/mol. The molecular formula is C13H13F3N4O. The molecule has 2 aromatic rings. The quantitative estimate of drug-likeness (QED) is 0.861. The van der Waals surface area contributed by atoms with Gasteiger partial charge in [-0.3, -0.25) is 4.79 Å². The van der Waals surface area contributed by atoms with Crippen LogP contribution in [0.25, 0.3) is 10.9 Å². The highest BCUT2D eigenvalue weighted by molar-refractivity contribution is 5.92. The molecule has 0 aromatic carbocycles. The van der Waals surface area contributed by atoms with E-state index in [1.165, 1.54) is 12.3 Å². The van der Waals surface area contributed by atoms with E-state index in [9.17, 15) is 18.0 Å². The zero-order valence-corrected chi connectivity index (χ0v) is 11.0. The van der Waals surface area contributed by atoms with Crippen molar-refractivity contribution in [3.05, 3.63) is 24.0 Å². The summed E-state index contributed by atoms with van der Waals surface area (Å²) in [4.78, 5) is 21.0. The molecule has 8 heteroatoms. The third-order valence-corrected chi connectivity index (χ3v) is 3.64. The summed E-state index contributed by atoms with van der Waals surface area (Å²) in [5, 5.41) is 0.116. The highest BCUT2D eigenvalue weighted by atomic mass is 19.4. The van der Waals surface area contributed by atoms with Crippen molar-refractivity contribution in [1.29, 1.82) is 0 Å². The third kappa shape index (κ3) is 2.41. The van der Waals surface area contributed by atoms with Crippen LogP contribution in [-0.4, -0.2) is 47.5 Å². The number of amides is 1. The van der Waals surface area contributed by atoms with Gasteiger partial charge in [-0.25, -0.2) is 4.98 Å². The lowest BCUT2D eigenvalue weighted by atomic mass is 10.1. The number of hydrogen-bond acceptors (Lipinski definition) is 3. The second kappa shape index (κ2) is 4.94. The molecule has 1 fully saturated rings. The van der Waals surface area contributed by atoms with E-state index in [0.29, 0.717) is 37.5 Å². The molecule has 3 heterocycles. The molecule has 0 bridgehead atoms. The number of fused-ring (bicyclic) bond motifs is 1. The number of aromatic nitrogens is 2. The summed E-state index contributed by atoms with van der Waals surface area (Å²) in [6.45, 7) is 2.17. The van der Waals surface area contributed by atoms with Crippen molar-refractivity contribution < 1.29 is 18.0 Å². The number of alkyl halides is 3. The first-order chi connectivity index (χ1) is 10.0. The van der Waals surface area contributed by atoms with E-state index in [1.807, 2.05) is 4.90 Å². The molecule has 0 atom stereocenters. The number of anilines is 1. The van der Waals surface area contributed by atoms with E-state index in [0.717, 1.165) is 12.6 Å². The molecule has 1 aliphatic rings. The largest absolute Gasteiger partial charge is 0.418 e. The summed E-state index contributed by atoms with van der Waals surface area (Å²) in [7, 11) is 0. The fraction of sp³-hybridized carbons (Fsp3) is 0.385. The lowest BCUT2D eigenvalue weighted by molar-refractivity contribution is -0.136. The number of piperazine rings is 1. The smallest absolute Gasteiger partial charge is 0.358 e. The Hall–Kier alpha value is -2.25. The number of nitrogens with zero attached hydrogens (tertiary/aromatic N) is 3. The summed E-state index contributed by atoms with van der Waals surface area (Å²) < 4.78 is 38.9. The normalized spacial score (nSPS) is 16.5. The van der Waals surface area contributed by atoms with Crippen LogP contribution in [0, 0.1) is 0 Å². The average Bonchev–Trinajstić information content (AvgIpc) is 2.94.